The van der Waals surface area contributed by atoms with Crippen LogP contribution in [0.4, 0.5) is 0 Å². The maximum absolute atomic E-state index is 3.58. The van der Waals surface area contributed by atoms with Crippen LogP contribution < -0.4 is 5.32 Å². The highest BCUT2D eigenvalue weighted by molar-refractivity contribution is 7.98. The lowest BCUT2D eigenvalue weighted by molar-refractivity contribution is 0.183. The Bertz CT molecular complexity index is 337. The van der Waals surface area contributed by atoms with Gasteiger partial charge >= 0.3 is 0 Å². The summed E-state index contributed by atoms with van der Waals surface area (Å²) in [6, 6.07) is 12.0. The predicted molar refractivity (Wildman–Crippen MR) is 88.4 cm³/mol. The van der Waals surface area contributed by atoms with E-state index < -0.39 is 0 Å². The normalized spacial score (nSPS) is 23.9. The maximum Gasteiger partial charge on any atom is 0.0185 e. The molecule has 2 nitrogen and oxygen atoms in total. The van der Waals surface area contributed by atoms with Gasteiger partial charge in [-0.15, -0.1) is 12.4 Å². The molecule has 1 aliphatic rings. The number of hydrogen-bond acceptors (Lipinski definition) is 3. The van der Waals surface area contributed by atoms with Crippen LogP contribution in [0.15, 0.2) is 30.3 Å². The molecule has 2 unspecified atom stereocenters. The van der Waals surface area contributed by atoms with Crippen molar-refractivity contribution in [1.82, 2.24) is 10.2 Å². The second-order valence-corrected chi connectivity index (χ2v) is 6.37. The molecule has 19 heavy (non-hydrogen) atoms. The van der Waals surface area contributed by atoms with Crippen LogP contribution in [0, 0.1) is 0 Å². The fourth-order valence-corrected chi connectivity index (χ4v) is 3.54. The summed E-state index contributed by atoms with van der Waals surface area (Å²) in [5.41, 5.74) is 1.43. The first-order valence-electron chi connectivity index (χ1n) is 6.84. The lowest BCUT2D eigenvalue weighted by Crippen LogP contribution is -2.54. The molecule has 1 fully saturated rings. The number of piperazine rings is 1. The second kappa shape index (κ2) is 8.85. The fourth-order valence-electron chi connectivity index (χ4n) is 2.58. The van der Waals surface area contributed by atoms with Crippen molar-refractivity contribution in [2.45, 2.75) is 31.7 Å². The molecule has 0 bridgehead atoms. The zero-order valence-corrected chi connectivity index (χ0v) is 13.5. The van der Waals surface area contributed by atoms with Crippen molar-refractivity contribution in [3.05, 3.63) is 35.9 Å². The molecule has 1 saturated heterocycles. The first-order chi connectivity index (χ1) is 8.74. The smallest absolute Gasteiger partial charge is 0.0185 e. The molecule has 0 amide bonds. The minimum Gasteiger partial charge on any atom is -0.309 e. The van der Waals surface area contributed by atoms with E-state index in [9.17, 15) is 0 Å². The quantitative estimate of drug-likeness (QED) is 0.842. The van der Waals surface area contributed by atoms with E-state index in [1.165, 1.54) is 31.0 Å². The molecule has 0 aliphatic carbocycles. The Morgan fingerprint density at radius 1 is 1.16 bits per heavy atom. The van der Waals surface area contributed by atoms with Crippen LogP contribution in [-0.4, -0.2) is 42.4 Å². The molecule has 4 heteroatoms. The standard InChI is InChI=1S/C15H24N2S.ClH/c1-13-10-17(11-14(2)16-13)8-9-18-12-15-6-4-3-5-7-15;/h3-7,13-14,16H,8-12H2,1-2H3;1H. The maximum atomic E-state index is 3.58. The van der Waals surface area contributed by atoms with Gasteiger partial charge in [0.1, 0.15) is 0 Å². The van der Waals surface area contributed by atoms with Gasteiger partial charge in [-0.25, -0.2) is 0 Å². The van der Waals surface area contributed by atoms with E-state index in [0.717, 1.165) is 5.75 Å². The molecular formula is C15H25ClN2S. The van der Waals surface area contributed by atoms with Crippen molar-refractivity contribution in [2.24, 2.45) is 0 Å². The van der Waals surface area contributed by atoms with Gasteiger partial charge in [0.15, 0.2) is 0 Å². The summed E-state index contributed by atoms with van der Waals surface area (Å²) in [4.78, 5) is 2.59. The van der Waals surface area contributed by atoms with Crippen LogP contribution in [0.1, 0.15) is 19.4 Å². The molecule has 0 saturated carbocycles. The van der Waals surface area contributed by atoms with Crippen LogP contribution in [0.25, 0.3) is 0 Å². The second-order valence-electron chi connectivity index (χ2n) is 5.27. The third-order valence-corrected chi connectivity index (χ3v) is 4.31. The summed E-state index contributed by atoms with van der Waals surface area (Å²) in [6.45, 7) is 8.15. The Morgan fingerprint density at radius 3 is 2.42 bits per heavy atom. The highest BCUT2D eigenvalue weighted by atomic mass is 35.5. The fraction of sp³-hybridized carbons (Fsp3) is 0.600. The van der Waals surface area contributed by atoms with Gasteiger partial charge in [0.25, 0.3) is 0 Å². The summed E-state index contributed by atoms with van der Waals surface area (Å²) < 4.78 is 0. The number of rotatable bonds is 5. The molecule has 2 atom stereocenters. The highest BCUT2D eigenvalue weighted by Crippen LogP contribution is 2.12. The minimum atomic E-state index is 0. The molecule has 1 aromatic carbocycles. The summed E-state index contributed by atoms with van der Waals surface area (Å²) in [5, 5.41) is 3.58. The van der Waals surface area contributed by atoms with Crippen molar-refractivity contribution in [3.8, 4) is 0 Å². The molecule has 0 aromatic heterocycles. The zero-order valence-electron chi connectivity index (χ0n) is 11.8. The van der Waals surface area contributed by atoms with Crippen LogP contribution in [0.5, 0.6) is 0 Å². The first-order valence-corrected chi connectivity index (χ1v) is 7.99. The Morgan fingerprint density at radius 2 is 1.79 bits per heavy atom. The first kappa shape index (κ1) is 16.8. The number of thioether (sulfide) groups is 1. The molecule has 1 aromatic rings. The molecule has 108 valence electrons. The number of nitrogens with one attached hydrogen (secondary N) is 1. The zero-order chi connectivity index (χ0) is 12.8. The van der Waals surface area contributed by atoms with Gasteiger partial charge in [-0.05, 0) is 19.4 Å². The summed E-state index contributed by atoms with van der Waals surface area (Å²) in [5.74, 6) is 2.37. The van der Waals surface area contributed by atoms with Crippen LogP contribution in [0.2, 0.25) is 0 Å². The van der Waals surface area contributed by atoms with Crippen molar-refractivity contribution in [1.29, 1.82) is 0 Å². The van der Waals surface area contributed by atoms with Gasteiger partial charge < -0.3 is 5.32 Å². The van der Waals surface area contributed by atoms with E-state index in [2.05, 4.69) is 54.4 Å². The number of benzene rings is 1. The molecule has 0 radical (unpaired) electrons. The van der Waals surface area contributed by atoms with Gasteiger partial charge in [0.05, 0.1) is 0 Å². The monoisotopic (exact) mass is 300 g/mol. The van der Waals surface area contributed by atoms with Crippen LogP contribution in [-0.2, 0) is 5.75 Å². The lowest BCUT2D eigenvalue weighted by Gasteiger charge is -2.36. The average molecular weight is 301 g/mol. The van der Waals surface area contributed by atoms with Crippen molar-refractivity contribution < 1.29 is 0 Å². The topological polar surface area (TPSA) is 15.3 Å². The summed E-state index contributed by atoms with van der Waals surface area (Å²) in [7, 11) is 0. The van der Waals surface area contributed by atoms with Gasteiger partial charge in [0, 0.05) is 43.2 Å². The minimum absolute atomic E-state index is 0. The number of halogens is 1. The lowest BCUT2D eigenvalue weighted by atomic mass is 10.1. The van der Waals surface area contributed by atoms with E-state index in [0.29, 0.717) is 12.1 Å². The third-order valence-electron chi connectivity index (χ3n) is 3.30. The van der Waals surface area contributed by atoms with E-state index >= 15 is 0 Å². The van der Waals surface area contributed by atoms with Gasteiger partial charge in [-0.1, -0.05) is 30.3 Å². The summed E-state index contributed by atoms with van der Waals surface area (Å²) >= 11 is 2.04. The largest absolute Gasteiger partial charge is 0.309 e. The predicted octanol–water partition coefficient (Wildman–Crippen LogP) is 3.02. The van der Waals surface area contributed by atoms with Crippen molar-refractivity contribution >= 4 is 24.2 Å². The third kappa shape index (κ3) is 6.17. The van der Waals surface area contributed by atoms with Gasteiger partial charge in [-0.3, -0.25) is 4.90 Å². The Labute approximate surface area is 127 Å². The van der Waals surface area contributed by atoms with E-state index in [1.54, 1.807) is 0 Å². The van der Waals surface area contributed by atoms with E-state index in [-0.39, 0.29) is 12.4 Å². The highest BCUT2D eigenvalue weighted by Gasteiger charge is 2.19. The van der Waals surface area contributed by atoms with Crippen molar-refractivity contribution in [3.63, 3.8) is 0 Å². The summed E-state index contributed by atoms with van der Waals surface area (Å²) in [6.07, 6.45) is 0. The van der Waals surface area contributed by atoms with Gasteiger partial charge in [0.2, 0.25) is 0 Å². The Kier molecular flexibility index (Phi) is 7.84. The van der Waals surface area contributed by atoms with Crippen molar-refractivity contribution in [2.75, 3.05) is 25.4 Å². The Hall–Kier alpha value is -0.220. The van der Waals surface area contributed by atoms with Crippen LogP contribution in [0.3, 0.4) is 0 Å². The van der Waals surface area contributed by atoms with Gasteiger partial charge in [-0.2, -0.15) is 11.8 Å². The molecule has 1 aliphatic heterocycles. The molecule has 1 N–H and O–H groups in total. The molecular weight excluding hydrogens is 276 g/mol. The molecule has 1 heterocycles. The Balaban J connectivity index is 0.00000180. The SMILES string of the molecule is CC1CN(CCSCc2ccccc2)CC(C)N1.Cl. The average Bonchev–Trinajstić information content (AvgIpc) is 2.35. The van der Waals surface area contributed by atoms with Crippen LogP contribution >= 0.6 is 24.2 Å². The molecule has 0 spiro atoms. The van der Waals surface area contributed by atoms with E-state index in [1.807, 2.05) is 11.8 Å². The molecule has 2 rings (SSSR count). The van der Waals surface area contributed by atoms with E-state index in [4.69, 9.17) is 0 Å². The number of nitrogens with zero attached hydrogens (tertiary/aromatic N) is 1. The number of hydrogen-bond donors (Lipinski definition) is 1.